The van der Waals surface area contributed by atoms with Crippen molar-refractivity contribution in [2.75, 3.05) is 20.3 Å². The molecule has 2 aromatic carbocycles. The Hall–Kier alpha value is -1.90. The van der Waals surface area contributed by atoms with Crippen LogP contribution in [0.5, 0.6) is 0 Å². The van der Waals surface area contributed by atoms with Crippen LogP contribution in [0, 0.1) is 11.8 Å². The van der Waals surface area contributed by atoms with E-state index in [1.165, 1.54) is 10.4 Å². The maximum Gasteiger partial charge on any atom is 0.262 e. The molecule has 3 nitrogen and oxygen atoms in total. The van der Waals surface area contributed by atoms with Crippen molar-refractivity contribution in [2.24, 2.45) is 0 Å². The van der Waals surface area contributed by atoms with Crippen molar-refractivity contribution in [3.8, 4) is 11.8 Å². The van der Waals surface area contributed by atoms with Gasteiger partial charge in [0.15, 0.2) is 0 Å². The number of rotatable bonds is 5. The maximum absolute atomic E-state index is 6.80. The van der Waals surface area contributed by atoms with E-state index >= 15 is 0 Å². The molecule has 0 amide bonds. The van der Waals surface area contributed by atoms with Crippen molar-refractivity contribution in [2.45, 2.75) is 50.9 Å². The fraction of sp³-hybridized carbons (Fsp3) is 0.440. The lowest BCUT2D eigenvalue weighted by Crippen LogP contribution is -2.66. The highest BCUT2D eigenvalue weighted by molar-refractivity contribution is 6.99. The Balaban J connectivity index is 1.92. The molecule has 1 saturated heterocycles. The van der Waals surface area contributed by atoms with Gasteiger partial charge < -0.3 is 13.9 Å². The predicted octanol–water partition coefficient (Wildman–Crippen LogP) is 3.76. The molecule has 0 aliphatic carbocycles. The summed E-state index contributed by atoms with van der Waals surface area (Å²) in [6.07, 6.45) is 1.89. The molecule has 29 heavy (non-hydrogen) atoms. The van der Waals surface area contributed by atoms with Gasteiger partial charge in [0, 0.05) is 13.7 Å². The van der Waals surface area contributed by atoms with Crippen LogP contribution >= 0.6 is 0 Å². The Bertz CT molecular complexity index is 778. The summed E-state index contributed by atoms with van der Waals surface area (Å²) in [5, 5.41) is 2.49. The summed E-state index contributed by atoms with van der Waals surface area (Å²) in [7, 11) is -0.807. The topological polar surface area (TPSA) is 27.7 Å². The van der Waals surface area contributed by atoms with Crippen LogP contribution in [0.3, 0.4) is 0 Å². The summed E-state index contributed by atoms with van der Waals surface area (Å²) in [5.74, 6) is 6.49. The first-order valence-electron chi connectivity index (χ1n) is 10.4. The zero-order chi connectivity index (χ0) is 20.7. The van der Waals surface area contributed by atoms with Crippen molar-refractivity contribution < 1.29 is 13.9 Å². The van der Waals surface area contributed by atoms with Crippen LogP contribution in [0.2, 0.25) is 5.04 Å². The summed E-state index contributed by atoms with van der Waals surface area (Å²) in [6, 6.07) is 21.3. The largest absolute Gasteiger partial charge is 0.396 e. The summed E-state index contributed by atoms with van der Waals surface area (Å²) < 4.78 is 18.1. The van der Waals surface area contributed by atoms with Crippen molar-refractivity contribution in [1.29, 1.82) is 0 Å². The molecule has 0 radical (unpaired) electrons. The molecule has 2 atom stereocenters. The normalized spacial score (nSPS) is 20.0. The van der Waals surface area contributed by atoms with E-state index in [2.05, 4.69) is 93.3 Å². The fourth-order valence-electron chi connectivity index (χ4n) is 4.18. The highest BCUT2D eigenvalue weighted by Crippen LogP contribution is 2.36. The van der Waals surface area contributed by atoms with Crippen molar-refractivity contribution in [3.05, 3.63) is 60.7 Å². The van der Waals surface area contributed by atoms with Crippen LogP contribution < -0.4 is 10.4 Å². The van der Waals surface area contributed by atoms with Gasteiger partial charge in [-0.2, -0.15) is 0 Å². The molecule has 4 heteroatoms. The molecule has 0 bridgehead atoms. The molecule has 0 aromatic heterocycles. The molecular formula is C25H32O3Si. The van der Waals surface area contributed by atoms with E-state index in [9.17, 15) is 0 Å². The molecule has 1 heterocycles. The fourth-order valence-corrected chi connectivity index (χ4v) is 8.62. The highest BCUT2D eigenvalue weighted by atomic mass is 28.4. The summed E-state index contributed by atoms with van der Waals surface area (Å²) in [6.45, 7) is 7.95. The molecule has 1 fully saturated rings. The number of ether oxygens (including phenoxy) is 2. The Kier molecular flexibility index (Phi) is 7.32. The van der Waals surface area contributed by atoms with Gasteiger partial charge in [0.05, 0.1) is 12.7 Å². The molecule has 1 aliphatic rings. The second-order valence-corrected chi connectivity index (χ2v) is 12.8. The molecular weight excluding hydrogens is 376 g/mol. The second kappa shape index (κ2) is 9.73. The van der Waals surface area contributed by atoms with Crippen LogP contribution in [0.15, 0.2) is 60.7 Å². The van der Waals surface area contributed by atoms with Gasteiger partial charge in [-0.15, -0.1) is 0 Å². The summed E-state index contributed by atoms with van der Waals surface area (Å²) >= 11 is 0. The molecule has 0 unspecified atom stereocenters. The minimum absolute atomic E-state index is 0.0455. The molecule has 3 rings (SSSR count). The highest BCUT2D eigenvalue weighted by Gasteiger charge is 2.50. The van der Waals surface area contributed by atoms with Crippen LogP contribution in [0.25, 0.3) is 0 Å². The molecule has 0 N–H and O–H groups in total. The van der Waals surface area contributed by atoms with Crippen LogP contribution in [0.4, 0.5) is 0 Å². The molecule has 2 aromatic rings. The van der Waals surface area contributed by atoms with Gasteiger partial charge in [0.25, 0.3) is 8.32 Å². The van der Waals surface area contributed by atoms with Gasteiger partial charge in [0.1, 0.15) is 6.10 Å². The standard InChI is InChI=1S/C25H32O3Si/c1-25(2,3)29(21-13-7-5-8-14-21,22-15-9-6-10-16-22)28-20-12-18-24-23(26-4)17-11-19-27-24/h5-10,13-16,23-24H,11,17,19-20H2,1-4H3/t23-,24+/m0/s1. The monoisotopic (exact) mass is 408 g/mol. The minimum Gasteiger partial charge on any atom is -0.396 e. The van der Waals surface area contributed by atoms with Gasteiger partial charge in [-0.1, -0.05) is 93.3 Å². The Labute approximate surface area is 176 Å². The first kappa shape index (κ1) is 21.8. The van der Waals surface area contributed by atoms with Gasteiger partial charge in [-0.25, -0.2) is 0 Å². The van der Waals surface area contributed by atoms with E-state index in [-0.39, 0.29) is 17.2 Å². The lowest BCUT2D eigenvalue weighted by Gasteiger charge is -2.42. The average Bonchev–Trinajstić information content (AvgIpc) is 2.74. The zero-order valence-corrected chi connectivity index (χ0v) is 19.0. The number of benzene rings is 2. The second-order valence-electron chi connectivity index (χ2n) is 8.48. The minimum atomic E-state index is -2.54. The van der Waals surface area contributed by atoms with Crippen molar-refractivity contribution >= 4 is 18.7 Å². The summed E-state index contributed by atoms with van der Waals surface area (Å²) in [4.78, 5) is 0. The first-order chi connectivity index (χ1) is 14.0. The van der Waals surface area contributed by atoms with Crippen molar-refractivity contribution in [1.82, 2.24) is 0 Å². The summed E-state index contributed by atoms with van der Waals surface area (Å²) in [5.41, 5.74) is 0. The molecule has 0 saturated carbocycles. The SMILES string of the molecule is CO[C@H]1CCCO[C@@H]1C#CCO[Si](c1ccccc1)(c1ccccc1)C(C)(C)C. The van der Waals surface area contributed by atoms with Gasteiger partial charge in [0.2, 0.25) is 0 Å². The Morgan fingerprint density at radius 3 is 2.10 bits per heavy atom. The number of hydrogen-bond donors (Lipinski definition) is 0. The van der Waals surface area contributed by atoms with Gasteiger partial charge >= 0.3 is 0 Å². The number of methoxy groups -OCH3 is 1. The molecule has 0 spiro atoms. The van der Waals surface area contributed by atoms with Crippen LogP contribution in [-0.2, 0) is 13.9 Å². The van der Waals surface area contributed by atoms with Gasteiger partial charge in [-0.3, -0.25) is 0 Å². The van der Waals surface area contributed by atoms with E-state index in [1.807, 2.05) is 0 Å². The lowest BCUT2D eigenvalue weighted by atomic mass is 10.1. The third kappa shape index (κ3) is 4.82. The van der Waals surface area contributed by atoms with Crippen LogP contribution in [-0.4, -0.2) is 40.8 Å². The quantitative estimate of drug-likeness (QED) is 0.557. The predicted molar refractivity (Wildman–Crippen MR) is 121 cm³/mol. The maximum atomic E-state index is 6.80. The third-order valence-corrected chi connectivity index (χ3v) is 10.6. The van der Waals surface area contributed by atoms with E-state index < -0.39 is 8.32 Å². The first-order valence-corrected chi connectivity index (χ1v) is 12.3. The van der Waals surface area contributed by atoms with E-state index in [1.54, 1.807) is 7.11 Å². The van der Waals surface area contributed by atoms with Gasteiger partial charge in [-0.05, 0) is 28.3 Å². The Morgan fingerprint density at radius 2 is 1.59 bits per heavy atom. The zero-order valence-electron chi connectivity index (χ0n) is 18.0. The number of hydrogen-bond acceptors (Lipinski definition) is 3. The third-order valence-electron chi connectivity index (χ3n) is 5.59. The molecule has 1 aliphatic heterocycles. The van der Waals surface area contributed by atoms with E-state index in [0.717, 1.165) is 19.4 Å². The molecule has 154 valence electrons. The Morgan fingerprint density at radius 1 is 1.00 bits per heavy atom. The van der Waals surface area contributed by atoms with E-state index in [0.29, 0.717) is 6.61 Å². The van der Waals surface area contributed by atoms with Crippen molar-refractivity contribution in [3.63, 3.8) is 0 Å². The lowest BCUT2D eigenvalue weighted by molar-refractivity contribution is -0.0632. The average molecular weight is 409 g/mol. The van der Waals surface area contributed by atoms with Crippen LogP contribution in [0.1, 0.15) is 33.6 Å². The van der Waals surface area contributed by atoms with E-state index in [4.69, 9.17) is 13.9 Å². The smallest absolute Gasteiger partial charge is 0.262 e.